The second-order valence-electron chi connectivity index (χ2n) is 7.88. The van der Waals surface area contributed by atoms with E-state index in [1.54, 1.807) is 21.3 Å². The summed E-state index contributed by atoms with van der Waals surface area (Å²) in [5, 5.41) is 6.73. The van der Waals surface area contributed by atoms with Gasteiger partial charge in [0, 0.05) is 19.6 Å². The molecular formula is C25H37IN4O3. The maximum absolute atomic E-state index is 5.44. The third-order valence-corrected chi connectivity index (χ3v) is 5.58. The van der Waals surface area contributed by atoms with E-state index in [4.69, 9.17) is 19.2 Å². The highest BCUT2D eigenvalue weighted by Crippen LogP contribution is 2.38. The van der Waals surface area contributed by atoms with Crippen molar-refractivity contribution in [1.29, 1.82) is 0 Å². The van der Waals surface area contributed by atoms with E-state index in [1.807, 2.05) is 12.1 Å². The van der Waals surface area contributed by atoms with Crippen molar-refractivity contribution in [2.45, 2.75) is 39.4 Å². The van der Waals surface area contributed by atoms with E-state index in [-0.39, 0.29) is 24.0 Å². The van der Waals surface area contributed by atoms with Crippen LogP contribution in [0.2, 0.25) is 0 Å². The van der Waals surface area contributed by atoms with Crippen LogP contribution in [0.25, 0.3) is 0 Å². The van der Waals surface area contributed by atoms with Crippen molar-refractivity contribution in [1.82, 2.24) is 15.5 Å². The predicted molar refractivity (Wildman–Crippen MR) is 144 cm³/mol. The lowest BCUT2D eigenvalue weighted by Crippen LogP contribution is -2.36. The number of hydrogen-bond donors (Lipinski definition) is 2. The van der Waals surface area contributed by atoms with Gasteiger partial charge in [-0.15, -0.1) is 24.0 Å². The number of hydrogen-bond acceptors (Lipinski definition) is 5. The molecule has 0 amide bonds. The van der Waals surface area contributed by atoms with Crippen molar-refractivity contribution in [3.8, 4) is 17.2 Å². The third-order valence-electron chi connectivity index (χ3n) is 5.58. The van der Waals surface area contributed by atoms with Gasteiger partial charge in [-0.1, -0.05) is 24.3 Å². The maximum Gasteiger partial charge on any atom is 0.203 e. The Morgan fingerprint density at radius 3 is 2.03 bits per heavy atom. The molecular weight excluding hydrogens is 531 g/mol. The lowest BCUT2D eigenvalue weighted by atomic mass is 10.1. The summed E-state index contributed by atoms with van der Waals surface area (Å²) in [5.74, 6) is 2.61. The van der Waals surface area contributed by atoms with Gasteiger partial charge in [0.15, 0.2) is 17.5 Å². The molecule has 0 aromatic heterocycles. The zero-order chi connectivity index (χ0) is 22.8. The SMILES string of the molecule is CCNC(=NCc1cc(OC)c(OC)c(OC)c1)NCc1ccc(CN2CCCC2)cc1.I. The largest absolute Gasteiger partial charge is 0.493 e. The quantitative estimate of drug-likeness (QED) is 0.255. The van der Waals surface area contributed by atoms with Gasteiger partial charge in [-0.05, 0) is 61.7 Å². The molecule has 1 aliphatic heterocycles. The molecule has 1 aliphatic rings. The van der Waals surface area contributed by atoms with Gasteiger partial charge >= 0.3 is 0 Å². The van der Waals surface area contributed by atoms with Crippen LogP contribution in [0.15, 0.2) is 41.4 Å². The summed E-state index contributed by atoms with van der Waals surface area (Å²) in [5.41, 5.74) is 3.58. The number of aliphatic imine (C=N–C) groups is 1. The van der Waals surface area contributed by atoms with Crippen LogP contribution in [0.3, 0.4) is 0 Å². The second-order valence-corrected chi connectivity index (χ2v) is 7.88. The monoisotopic (exact) mass is 568 g/mol. The van der Waals surface area contributed by atoms with Crippen LogP contribution in [-0.4, -0.2) is 51.8 Å². The Bertz CT molecular complexity index is 859. The number of likely N-dealkylation sites (tertiary alicyclic amines) is 1. The van der Waals surface area contributed by atoms with Gasteiger partial charge in [0.25, 0.3) is 0 Å². The first kappa shape index (κ1) is 27.0. The van der Waals surface area contributed by atoms with Crippen LogP contribution in [0.1, 0.15) is 36.5 Å². The van der Waals surface area contributed by atoms with Crippen molar-refractivity contribution in [2.75, 3.05) is 41.0 Å². The fraction of sp³-hybridized carbons (Fsp3) is 0.480. The number of nitrogens with one attached hydrogen (secondary N) is 2. The van der Waals surface area contributed by atoms with Crippen LogP contribution >= 0.6 is 24.0 Å². The predicted octanol–water partition coefficient (Wildman–Crippen LogP) is 4.18. The van der Waals surface area contributed by atoms with Gasteiger partial charge in [-0.3, -0.25) is 4.90 Å². The van der Waals surface area contributed by atoms with Gasteiger partial charge in [0.05, 0.1) is 27.9 Å². The molecule has 2 aromatic carbocycles. The van der Waals surface area contributed by atoms with Crippen LogP contribution in [-0.2, 0) is 19.6 Å². The van der Waals surface area contributed by atoms with Crippen LogP contribution in [0, 0.1) is 0 Å². The number of methoxy groups -OCH3 is 3. The summed E-state index contributed by atoms with van der Waals surface area (Å²) < 4.78 is 16.3. The highest BCUT2D eigenvalue weighted by atomic mass is 127. The molecule has 2 N–H and O–H groups in total. The van der Waals surface area contributed by atoms with E-state index in [1.165, 1.54) is 37.1 Å². The van der Waals surface area contributed by atoms with Crippen molar-refractivity contribution >= 4 is 29.9 Å². The van der Waals surface area contributed by atoms with Crippen molar-refractivity contribution in [3.05, 3.63) is 53.1 Å². The minimum Gasteiger partial charge on any atom is -0.493 e. The molecule has 0 radical (unpaired) electrons. The molecule has 182 valence electrons. The van der Waals surface area contributed by atoms with E-state index >= 15 is 0 Å². The lowest BCUT2D eigenvalue weighted by Gasteiger charge is -2.15. The Kier molecular flexibility index (Phi) is 11.6. The summed E-state index contributed by atoms with van der Waals surface area (Å²) in [6.07, 6.45) is 2.65. The normalized spacial score (nSPS) is 13.9. The Morgan fingerprint density at radius 2 is 1.48 bits per heavy atom. The summed E-state index contributed by atoms with van der Waals surface area (Å²) in [7, 11) is 4.84. The van der Waals surface area contributed by atoms with Crippen LogP contribution < -0.4 is 24.8 Å². The van der Waals surface area contributed by atoms with Gasteiger partial charge in [0.2, 0.25) is 5.75 Å². The first-order valence-corrected chi connectivity index (χ1v) is 11.3. The highest BCUT2D eigenvalue weighted by molar-refractivity contribution is 14.0. The number of benzene rings is 2. The minimum absolute atomic E-state index is 0. The van der Waals surface area contributed by atoms with Gasteiger partial charge in [-0.25, -0.2) is 4.99 Å². The molecule has 1 saturated heterocycles. The minimum atomic E-state index is 0. The molecule has 33 heavy (non-hydrogen) atoms. The molecule has 0 spiro atoms. The Morgan fingerprint density at radius 1 is 0.879 bits per heavy atom. The van der Waals surface area contributed by atoms with Gasteiger partial charge < -0.3 is 24.8 Å². The number of ether oxygens (including phenoxy) is 3. The van der Waals surface area contributed by atoms with Gasteiger partial charge in [0.1, 0.15) is 0 Å². The van der Waals surface area contributed by atoms with Crippen molar-refractivity contribution in [3.63, 3.8) is 0 Å². The first-order chi connectivity index (χ1) is 15.7. The molecule has 2 aromatic rings. The second kappa shape index (κ2) is 14.1. The molecule has 8 heteroatoms. The maximum atomic E-state index is 5.44. The summed E-state index contributed by atoms with van der Waals surface area (Å²) in [6.45, 7) is 7.54. The number of nitrogens with zero attached hydrogens (tertiary/aromatic N) is 2. The Hall–Kier alpha value is -2.20. The molecule has 0 unspecified atom stereocenters. The van der Waals surface area contributed by atoms with E-state index in [0.29, 0.717) is 30.3 Å². The molecule has 7 nitrogen and oxygen atoms in total. The lowest BCUT2D eigenvalue weighted by molar-refractivity contribution is 0.324. The zero-order valence-electron chi connectivity index (χ0n) is 20.1. The van der Waals surface area contributed by atoms with E-state index in [9.17, 15) is 0 Å². The fourth-order valence-electron chi connectivity index (χ4n) is 3.89. The average molecular weight is 569 g/mol. The molecule has 1 fully saturated rings. The average Bonchev–Trinajstić information content (AvgIpc) is 3.34. The summed E-state index contributed by atoms with van der Waals surface area (Å²) >= 11 is 0. The van der Waals surface area contributed by atoms with Crippen LogP contribution in [0.5, 0.6) is 17.2 Å². The zero-order valence-corrected chi connectivity index (χ0v) is 22.5. The molecule has 1 heterocycles. The molecule has 0 saturated carbocycles. The van der Waals surface area contributed by atoms with E-state index in [2.05, 4.69) is 46.7 Å². The standard InChI is InChI=1S/C25H36N4O3.HI/c1-5-26-25(28-17-21-14-22(30-2)24(32-4)23(15-21)31-3)27-16-19-8-10-20(11-9-19)18-29-12-6-7-13-29;/h8-11,14-15H,5-7,12-13,16-18H2,1-4H3,(H2,26,27,28);1H. The van der Waals surface area contributed by atoms with Crippen molar-refractivity contribution < 1.29 is 14.2 Å². The number of halogens is 1. The first-order valence-electron chi connectivity index (χ1n) is 11.3. The highest BCUT2D eigenvalue weighted by Gasteiger charge is 2.13. The third kappa shape index (κ3) is 7.96. The summed E-state index contributed by atoms with van der Waals surface area (Å²) in [4.78, 5) is 7.25. The summed E-state index contributed by atoms with van der Waals surface area (Å²) in [6, 6.07) is 12.7. The number of guanidine groups is 1. The molecule has 0 atom stereocenters. The van der Waals surface area contributed by atoms with Crippen LogP contribution in [0.4, 0.5) is 0 Å². The fourth-order valence-corrected chi connectivity index (χ4v) is 3.89. The van der Waals surface area contributed by atoms with E-state index in [0.717, 1.165) is 24.6 Å². The smallest absolute Gasteiger partial charge is 0.203 e. The molecule has 0 aliphatic carbocycles. The Labute approximate surface area is 214 Å². The molecule has 0 bridgehead atoms. The Balaban J connectivity index is 0.00000385. The number of rotatable bonds is 10. The van der Waals surface area contributed by atoms with Gasteiger partial charge in [-0.2, -0.15) is 0 Å². The molecule has 3 rings (SSSR count). The topological polar surface area (TPSA) is 67.4 Å². The van der Waals surface area contributed by atoms with E-state index < -0.39 is 0 Å². The van der Waals surface area contributed by atoms with Crippen molar-refractivity contribution in [2.24, 2.45) is 4.99 Å².